The minimum Gasteiger partial charge on any atom is -0.385 e. The minimum atomic E-state index is 0.132. The van der Waals surface area contributed by atoms with Crippen molar-refractivity contribution in [1.29, 1.82) is 0 Å². The largest absolute Gasteiger partial charge is 0.385 e. The van der Waals surface area contributed by atoms with E-state index in [2.05, 4.69) is 48.7 Å². The molecule has 1 aromatic carbocycles. The van der Waals surface area contributed by atoms with Crippen molar-refractivity contribution in [3.8, 4) is 0 Å². The molecule has 1 atom stereocenters. The third kappa shape index (κ3) is 7.51. The molecule has 0 aliphatic heterocycles. The molecular formula is C22H37N3O2. The zero-order valence-electron chi connectivity index (χ0n) is 17.3. The van der Waals surface area contributed by atoms with E-state index in [1.807, 2.05) is 6.07 Å². The molecule has 5 nitrogen and oxygen atoms in total. The summed E-state index contributed by atoms with van der Waals surface area (Å²) in [5.41, 5.74) is 1.58. The molecule has 1 saturated carbocycles. The van der Waals surface area contributed by atoms with Gasteiger partial charge in [0.1, 0.15) is 0 Å². The van der Waals surface area contributed by atoms with Gasteiger partial charge in [0, 0.05) is 40.0 Å². The molecule has 0 heterocycles. The summed E-state index contributed by atoms with van der Waals surface area (Å²) >= 11 is 0. The van der Waals surface area contributed by atoms with Crippen LogP contribution in [-0.4, -0.2) is 45.9 Å². The second-order valence-electron chi connectivity index (χ2n) is 7.50. The number of hydrogen-bond donors (Lipinski definition) is 2. The van der Waals surface area contributed by atoms with Crippen LogP contribution in [0.15, 0.2) is 35.3 Å². The predicted molar refractivity (Wildman–Crippen MR) is 112 cm³/mol. The van der Waals surface area contributed by atoms with Crippen LogP contribution in [0.2, 0.25) is 0 Å². The van der Waals surface area contributed by atoms with Gasteiger partial charge in [-0.3, -0.25) is 4.99 Å². The SMILES string of the molecule is CCNC(=NCC1(CCOC)CCC1)NCCCOC(C)c1ccccc1. The van der Waals surface area contributed by atoms with Gasteiger partial charge in [0.05, 0.1) is 6.10 Å². The van der Waals surface area contributed by atoms with E-state index in [1.165, 1.54) is 24.8 Å². The molecule has 0 aromatic heterocycles. The van der Waals surface area contributed by atoms with Gasteiger partial charge in [-0.15, -0.1) is 0 Å². The highest BCUT2D eigenvalue weighted by atomic mass is 16.5. The molecule has 0 bridgehead atoms. The smallest absolute Gasteiger partial charge is 0.191 e. The Morgan fingerprint density at radius 2 is 1.96 bits per heavy atom. The lowest BCUT2D eigenvalue weighted by Gasteiger charge is -2.40. The first-order chi connectivity index (χ1) is 13.2. The Balaban J connectivity index is 1.69. The summed E-state index contributed by atoms with van der Waals surface area (Å²) in [4.78, 5) is 4.84. The minimum absolute atomic E-state index is 0.132. The van der Waals surface area contributed by atoms with Gasteiger partial charge in [0.15, 0.2) is 5.96 Å². The first-order valence-corrected chi connectivity index (χ1v) is 10.4. The molecule has 2 N–H and O–H groups in total. The summed E-state index contributed by atoms with van der Waals surface area (Å²) < 4.78 is 11.2. The molecule has 2 rings (SSSR count). The molecule has 1 fully saturated rings. The number of hydrogen-bond acceptors (Lipinski definition) is 3. The van der Waals surface area contributed by atoms with Gasteiger partial charge >= 0.3 is 0 Å². The summed E-state index contributed by atoms with van der Waals surface area (Å²) in [7, 11) is 1.78. The van der Waals surface area contributed by atoms with Gasteiger partial charge in [-0.1, -0.05) is 36.8 Å². The number of ether oxygens (including phenoxy) is 2. The van der Waals surface area contributed by atoms with Crippen molar-refractivity contribution in [1.82, 2.24) is 10.6 Å². The number of rotatable bonds is 12. The molecule has 1 aromatic rings. The molecule has 5 heteroatoms. The molecular weight excluding hydrogens is 338 g/mol. The summed E-state index contributed by atoms with van der Waals surface area (Å²) in [6.45, 7) is 8.39. The van der Waals surface area contributed by atoms with Crippen molar-refractivity contribution < 1.29 is 9.47 Å². The molecule has 0 amide bonds. The van der Waals surface area contributed by atoms with Crippen molar-refractivity contribution in [3.05, 3.63) is 35.9 Å². The van der Waals surface area contributed by atoms with Crippen molar-refractivity contribution in [2.75, 3.05) is 40.0 Å². The van der Waals surface area contributed by atoms with Gasteiger partial charge in [0.2, 0.25) is 0 Å². The standard InChI is InChI=1S/C22H37N3O2/c1-4-23-21(25-18-22(12-8-13-22)14-17-26-3)24-15-9-16-27-19(2)20-10-6-5-7-11-20/h5-7,10-11,19H,4,8-9,12-18H2,1-3H3,(H2,23,24,25). The Morgan fingerprint density at radius 3 is 2.59 bits per heavy atom. The lowest BCUT2D eigenvalue weighted by molar-refractivity contribution is 0.0645. The zero-order valence-corrected chi connectivity index (χ0v) is 17.3. The average Bonchev–Trinajstić information content (AvgIpc) is 2.67. The zero-order chi connectivity index (χ0) is 19.4. The van der Waals surface area contributed by atoms with Crippen LogP contribution in [0.5, 0.6) is 0 Å². The van der Waals surface area contributed by atoms with Crippen LogP contribution in [0, 0.1) is 5.41 Å². The summed E-state index contributed by atoms with van der Waals surface area (Å²) in [5, 5.41) is 6.79. The van der Waals surface area contributed by atoms with E-state index in [0.717, 1.165) is 51.6 Å². The van der Waals surface area contributed by atoms with Crippen LogP contribution in [0.1, 0.15) is 57.6 Å². The van der Waals surface area contributed by atoms with E-state index < -0.39 is 0 Å². The maximum absolute atomic E-state index is 5.94. The van der Waals surface area contributed by atoms with Crippen LogP contribution < -0.4 is 10.6 Å². The number of nitrogens with one attached hydrogen (secondary N) is 2. The maximum atomic E-state index is 5.94. The second kappa shape index (κ2) is 12.0. The summed E-state index contributed by atoms with van der Waals surface area (Å²) in [6, 6.07) is 10.4. The number of nitrogens with zero attached hydrogens (tertiary/aromatic N) is 1. The monoisotopic (exact) mass is 375 g/mol. The molecule has 152 valence electrons. The second-order valence-corrected chi connectivity index (χ2v) is 7.50. The molecule has 0 spiro atoms. The van der Waals surface area contributed by atoms with E-state index in [1.54, 1.807) is 7.11 Å². The number of guanidine groups is 1. The Labute approximate surface area is 164 Å². The van der Waals surface area contributed by atoms with Crippen molar-refractivity contribution in [2.24, 2.45) is 10.4 Å². The van der Waals surface area contributed by atoms with Crippen LogP contribution >= 0.6 is 0 Å². The van der Waals surface area contributed by atoms with E-state index in [0.29, 0.717) is 5.41 Å². The molecule has 1 aliphatic rings. The normalized spacial score (nSPS) is 17.2. The number of methoxy groups -OCH3 is 1. The summed E-state index contributed by atoms with van der Waals surface area (Å²) in [5.74, 6) is 0.914. The van der Waals surface area contributed by atoms with Crippen LogP contribution in [-0.2, 0) is 9.47 Å². The Bertz CT molecular complexity index is 544. The van der Waals surface area contributed by atoms with Crippen LogP contribution in [0.4, 0.5) is 0 Å². The Hall–Kier alpha value is -1.59. The van der Waals surface area contributed by atoms with Gasteiger partial charge < -0.3 is 20.1 Å². The van der Waals surface area contributed by atoms with Crippen LogP contribution in [0.3, 0.4) is 0 Å². The Morgan fingerprint density at radius 1 is 1.19 bits per heavy atom. The topological polar surface area (TPSA) is 54.9 Å². The van der Waals surface area contributed by atoms with Crippen molar-refractivity contribution in [2.45, 2.75) is 52.1 Å². The molecule has 1 aliphatic carbocycles. The van der Waals surface area contributed by atoms with Gasteiger partial charge in [-0.2, -0.15) is 0 Å². The third-order valence-electron chi connectivity index (χ3n) is 5.42. The van der Waals surface area contributed by atoms with Gasteiger partial charge in [-0.05, 0) is 50.5 Å². The molecule has 1 unspecified atom stereocenters. The quantitative estimate of drug-likeness (QED) is 0.330. The number of benzene rings is 1. The van der Waals surface area contributed by atoms with E-state index in [9.17, 15) is 0 Å². The highest BCUT2D eigenvalue weighted by Crippen LogP contribution is 2.44. The first kappa shape index (κ1) is 21.7. The fourth-order valence-electron chi connectivity index (χ4n) is 3.43. The lowest BCUT2D eigenvalue weighted by Crippen LogP contribution is -2.40. The predicted octanol–water partition coefficient (Wildman–Crippen LogP) is 3.92. The highest BCUT2D eigenvalue weighted by molar-refractivity contribution is 5.79. The van der Waals surface area contributed by atoms with Crippen molar-refractivity contribution >= 4 is 5.96 Å². The molecule has 27 heavy (non-hydrogen) atoms. The van der Waals surface area contributed by atoms with Gasteiger partial charge in [-0.25, -0.2) is 0 Å². The van der Waals surface area contributed by atoms with E-state index in [4.69, 9.17) is 14.5 Å². The summed E-state index contributed by atoms with van der Waals surface area (Å²) in [6.07, 6.45) is 6.05. The lowest BCUT2D eigenvalue weighted by atomic mass is 9.67. The average molecular weight is 376 g/mol. The van der Waals surface area contributed by atoms with E-state index in [-0.39, 0.29) is 6.10 Å². The van der Waals surface area contributed by atoms with Gasteiger partial charge in [0.25, 0.3) is 0 Å². The van der Waals surface area contributed by atoms with Crippen molar-refractivity contribution in [3.63, 3.8) is 0 Å². The first-order valence-electron chi connectivity index (χ1n) is 10.4. The molecule has 0 radical (unpaired) electrons. The van der Waals surface area contributed by atoms with E-state index >= 15 is 0 Å². The number of aliphatic imine (C=N–C) groups is 1. The fourth-order valence-corrected chi connectivity index (χ4v) is 3.43. The third-order valence-corrected chi connectivity index (χ3v) is 5.42. The molecule has 0 saturated heterocycles. The highest BCUT2D eigenvalue weighted by Gasteiger charge is 2.36. The van der Waals surface area contributed by atoms with Crippen LogP contribution in [0.25, 0.3) is 0 Å². The maximum Gasteiger partial charge on any atom is 0.191 e. The fraction of sp³-hybridized carbons (Fsp3) is 0.682. The Kier molecular flexibility index (Phi) is 9.64.